The van der Waals surface area contributed by atoms with E-state index >= 15 is 4.39 Å². The van der Waals surface area contributed by atoms with Gasteiger partial charge in [0.2, 0.25) is 0 Å². The third-order valence-electron chi connectivity index (χ3n) is 7.29. The van der Waals surface area contributed by atoms with Crippen molar-refractivity contribution < 1.29 is 27.8 Å². The van der Waals surface area contributed by atoms with Crippen LogP contribution in [0.2, 0.25) is 0 Å². The van der Waals surface area contributed by atoms with Crippen LogP contribution < -0.4 is 16.4 Å². The Bertz CT molecular complexity index is 1430. The van der Waals surface area contributed by atoms with Gasteiger partial charge in [-0.15, -0.1) is 0 Å². The number of halogens is 1. The summed E-state index contributed by atoms with van der Waals surface area (Å²) in [6.07, 6.45) is 0.984. The maximum Gasteiger partial charge on any atom is 0.420 e. The van der Waals surface area contributed by atoms with Crippen LogP contribution >= 0.6 is 0 Å². The van der Waals surface area contributed by atoms with Crippen LogP contribution in [-0.4, -0.2) is 68.2 Å². The van der Waals surface area contributed by atoms with Gasteiger partial charge in [0.05, 0.1) is 37.4 Å². The van der Waals surface area contributed by atoms with E-state index in [1.165, 1.54) is 10.6 Å². The molecule has 1 fully saturated rings. The van der Waals surface area contributed by atoms with Gasteiger partial charge in [0, 0.05) is 32.7 Å². The zero-order valence-corrected chi connectivity index (χ0v) is 23.7. The van der Waals surface area contributed by atoms with E-state index in [-0.39, 0.29) is 31.7 Å². The van der Waals surface area contributed by atoms with Gasteiger partial charge in [0.25, 0.3) is 5.91 Å². The number of nitriles is 1. The van der Waals surface area contributed by atoms with E-state index in [1.54, 1.807) is 37.4 Å². The Morgan fingerprint density at radius 3 is 2.78 bits per heavy atom. The minimum absolute atomic E-state index is 0.00324. The second-order valence-electron chi connectivity index (χ2n) is 10.2. The molecule has 1 saturated heterocycles. The smallest absolute Gasteiger partial charge is 0.408 e. The Balaban J connectivity index is 1.43. The molecule has 0 saturated carbocycles. The van der Waals surface area contributed by atoms with E-state index in [2.05, 4.69) is 17.6 Å². The molecule has 1 aromatic heterocycles. The van der Waals surface area contributed by atoms with Crippen LogP contribution in [-0.2, 0) is 32.0 Å². The number of oxazole rings is 1. The highest BCUT2D eigenvalue weighted by atomic mass is 19.1. The third-order valence-corrected chi connectivity index (χ3v) is 7.29. The second kappa shape index (κ2) is 14.4. The molecular formula is C30H37FN4O6. The molecule has 0 radical (unpaired) electrons. The molecule has 1 aliphatic rings. The normalized spacial score (nSPS) is 19.9. The van der Waals surface area contributed by atoms with Gasteiger partial charge in [-0.05, 0) is 48.2 Å². The Morgan fingerprint density at radius 1 is 1.27 bits per heavy atom. The Morgan fingerprint density at radius 2 is 2.05 bits per heavy atom. The minimum Gasteiger partial charge on any atom is -0.408 e. The van der Waals surface area contributed by atoms with Crippen LogP contribution in [0.15, 0.2) is 45.6 Å². The first-order chi connectivity index (χ1) is 19.8. The standard InChI is InChI=1S/C30H37FN4O6/c1-4-5-11-39-12-10-35-25-15-21(8-9-26(25)41-30(35)37)20-6-7-22(24(31)14-20)13-23(16-32)34-29(36)27-17-33-19(2)28(38-3)18-40-27/h6-9,14-15,19,23,27-28,33H,4-5,10-13,17-18H2,1-3H3,(H,34,36)/t19-,23-,27-,28+/m0/s1. The van der Waals surface area contributed by atoms with E-state index in [0.29, 0.717) is 47.5 Å². The molecule has 2 heterocycles. The zero-order chi connectivity index (χ0) is 29.4. The summed E-state index contributed by atoms with van der Waals surface area (Å²) in [6, 6.07) is 11.1. The van der Waals surface area contributed by atoms with E-state index in [1.807, 2.05) is 13.0 Å². The van der Waals surface area contributed by atoms with Crippen molar-refractivity contribution in [3.8, 4) is 17.2 Å². The lowest BCUT2D eigenvalue weighted by Gasteiger charge is -2.19. The largest absolute Gasteiger partial charge is 0.420 e. The fourth-order valence-corrected chi connectivity index (χ4v) is 4.74. The molecule has 4 rings (SSSR count). The van der Waals surface area contributed by atoms with Gasteiger partial charge in [0.1, 0.15) is 18.0 Å². The van der Waals surface area contributed by atoms with E-state index in [4.69, 9.17) is 18.6 Å². The van der Waals surface area contributed by atoms with Gasteiger partial charge >= 0.3 is 5.76 Å². The quantitative estimate of drug-likeness (QED) is 0.319. The van der Waals surface area contributed by atoms with Crippen LogP contribution in [0.1, 0.15) is 32.3 Å². The number of methoxy groups -OCH3 is 1. The highest BCUT2D eigenvalue weighted by Crippen LogP contribution is 2.26. The monoisotopic (exact) mass is 568 g/mol. The molecule has 0 bridgehead atoms. The Labute approximate surface area is 238 Å². The van der Waals surface area contributed by atoms with Crippen molar-refractivity contribution in [2.75, 3.05) is 33.5 Å². The van der Waals surface area contributed by atoms with Gasteiger partial charge in [0.15, 0.2) is 5.58 Å². The molecule has 1 aliphatic heterocycles. The number of ether oxygens (including phenoxy) is 3. The number of fused-ring (bicyclic) bond motifs is 1. The maximum atomic E-state index is 15.2. The third kappa shape index (κ3) is 7.59. The van der Waals surface area contributed by atoms with Crippen molar-refractivity contribution in [1.82, 2.24) is 15.2 Å². The van der Waals surface area contributed by atoms with Crippen LogP contribution in [0.4, 0.5) is 4.39 Å². The molecule has 1 amide bonds. The highest BCUT2D eigenvalue weighted by Gasteiger charge is 2.29. The predicted molar refractivity (Wildman–Crippen MR) is 151 cm³/mol. The molecular weight excluding hydrogens is 531 g/mol. The number of hydrogen-bond acceptors (Lipinski definition) is 8. The minimum atomic E-state index is -0.943. The Kier molecular flexibility index (Phi) is 10.7. The predicted octanol–water partition coefficient (Wildman–Crippen LogP) is 3.16. The highest BCUT2D eigenvalue weighted by molar-refractivity contribution is 5.82. The molecule has 4 atom stereocenters. The molecule has 0 aliphatic carbocycles. The zero-order valence-electron chi connectivity index (χ0n) is 23.7. The summed E-state index contributed by atoms with van der Waals surface area (Å²) in [6.45, 7) is 5.90. The number of carbonyl (C=O) groups excluding carboxylic acids is 1. The number of nitrogens with zero attached hydrogens (tertiary/aromatic N) is 2. The summed E-state index contributed by atoms with van der Waals surface area (Å²) >= 11 is 0. The summed E-state index contributed by atoms with van der Waals surface area (Å²) in [5.74, 6) is -1.42. The lowest BCUT2D eigenvalue weighted by atomic mass is 10.00. The van der Waals surface area contributed by atoms with Crippen molar-refractivity contribution >= 4 is 17.0 Å². The average molecular weight is 569 g/mol. The first kappa shape index (κ1) is 30.4. The van der Waals surface area contributed by atoms with Crippen molar-refractivity contribution in [3.05, 3.63) is 58.3 Å². The molecule has 220 valence electrons. The molecule has 2 aromatic carbocycles. The fourth-order valence-electron chi connectivity index (χ4n) is 4.74. The van der Waals surface area contributed by atoms with Gasteiger partial charge in [-0.1, -0.05) is 31.5 Å². The van der Waals surface area contributed by atoms with E-state index in [0.717, 1.165) is 12.8 Å². The number of carbonyl (C=O) groups is 1. The van der Waals surface area contributed by atoms with Gasteiger partial charge in [-0.2, -0.15) is 5.26 Å². The maximum absolute atomic E-state index is 15.2. The molecule has 0 spiro atoms. The summed E-state index contributed by atoms with van der Waals surface area (Å²) in [5, 5.41) is 15.5. The molecule has 11 heteroatoms. The van der Waals surface area contributed by atoms with Crippen LogP contribution in [0, 0.1) is 17.1 Å². The van der Waals surface area contributed by atoms with Crippen molar-refractivity contribution in [2.24, 2.45) is 0 Å². The summed E-state index contributed by atoms with van der Waals surface area (Å²) in [5.41, 5.74) is 2.64. The van der Waals surface area contributed by atoms with Crippen LogP contribution in [0.3, 0.4) is 0 Å². The second-order valence-corrected chi connectivity index (χ2v) is 10.2. The number of rotatable bonds is 12. The summed E-state index contributed by atoms with van der Waals surface area (Å²) < 4.78 is 38.7. The number of aromatic nitrogens is 1. The molecule has 2 N–H and O–H groups in total. The Hall–Kier alpha value is -3.56. The number of nitrogens with one attached hydrogen (secondary N) is 2. The summed E-state index contributed by atoms with van der Waals surface area (Å²) in [4.78, 5) is 25.2. The summed E-state index contributed by atoms with van der Waals surface area (Å²) in [7, 11) is 1.58. The van der Waals surface area contributed by atoms with Crippen LogP contribution in [0.25, 0.3) is 22.2 Å². The molecule has 0 unspecified atom stereocenters. The molecule has 41 heavy (non-hydrogen) atoms. The number of unbranched alkanes of at least 4 members (excludes halogenated alkanes) is 1. The number of hydrogen-bond donors (Lipinski definition) is 2. The lowest BCUT2D eigenvalue weighted by molar-refractivity contribution is -0.133. The first-order valence-electron chi connectivity index (χ1n) is 13.9. The molecule has 3 aromatic rings. The number of benzene rings is 2. The van der Waals surface area contributed by atoms with E-state index < -0.39 is 29.6 Å². The van der Waals surface area contributed by atoms with Gasteiger partial charge in [-0.3, -0.25) is 9.36 Å². The average Bonchev–Trinajstić information content (AvgIpc) is 3.15. The SMILES string of the molecule is CCCCOCCn1c(=O)oc2ccc(-c3ccc(C[C@@H](C#N)NC(=O)[C@@H]4CN[C@@H](C)[C@H](OC)CO4)c(F)c3)cc21. The topological polar surface area (TPSA) is 128 Å². The van der Waals surface area contributed by atoms with Crippen molar-refractivity contribution in [1.29, 1.82) is 5.26 Å². The number of amides is 1. The van der Waals surface area contributed by atoms with Gasteiger partial charge in [-0.25, -0.2) is 9.18 Å². The van der Waals surface area contributed by atoms with Crippen molar-refractivity contribution in [3.63, 3.8) is 0 Å². The van der Waals surface area contributed by atoms with Crippen molar-refractivity contribution in [2.45, 2.75) is 63.9 Å². The first-order valence-corrected chi connectivity index (χ1v) is 13.9. The fraction of sp³-hybridized carbons (Fsp3) is 0.500. The van der Waals surface area contributed by atoms with Crippen LogP contribution in [0.5, 0.6) is 0 Å². The van der Waals surface area contributed by atoms with E-state index in [9.17, 15) is 14.9 Å². The molecule has 10 nitrogen and oxygen atoms in total. The lowest BCUT2D eigenvalue weighted by Crippen LogP contribution is -2.46. The van der Waals surface area contributed by atoms with Gasteiger partial charge < -0.3 is 29.3 Å².